The molecular formula is C16H23ClN4. The summed E-state index contributed by atoms with van der Waals surface area (Å²) in [5.74, 6) is 0. The summed E-state index contributed by atoms with van der Waals surface area (Å²) in [4.78, 5) is 2.23. The summed E-state index contributed by atoms with van der Waals surface area (Å²) in [5, 5.41) is 5.36. The van der Waals surface area contributed by atoms with Gasteiger partial charge in [-0.25, -0.2) is 0 Å². The average Bonchev–Trinajstić information content (AvgIpc) is 2.75. The van der Waals surface area contributed by atoms with Crippen molar-refractivity contribution in [3.05, 3.63) is 46.2 Å². The van der Waals surface area contributed by atoms with Gasteiger partial charge in [0, 0.05) is 25.3 Å². The molecule has 0 aliphatic heterocycles. The van der Waals surface area contributed by atoms with Crippen LogP contribution in [0.15, 0.2) is 24.3 Å². The number of nitrogens with zero attached hydrogens (tertiary/aromatic N) is 3. The molecule has 0 saturated carbocycles. The van der Waals surface area contributed by atoms with E-state index in [0.717, 1.165) is 48.2 Å². The largest absolute Gasteiger partial charge is 0.399 e. The minimum atomic E-state index is 0.772. The van der Waals surface area contributed by atoms with Crippen LogP contribution >= 0.6 is 11.6 Å². The van der Waals surface area contributed by atoms with E-state index in [9.17, 15) is 0 Å². The van der Waals surface area contributed by atoms with Gasteiger partial charge in [0.2, 0.25) is 0 Å². The third-order valence-corrected chi connectivity index (χ3v) is 3.95. The number of nitrogen functional groups attached to an aromatic ring is 1. The highest BCUT2D eigenvalue weighted by Gasteiger charge is 2.15. The zero-order valence-electron chi connectivity index (χ0n) is 12.9. The summed E-state index contributed by atoms with van der Waals surface area (Å²) in [6.07, 6.45) is 0.859. The first-order chi connectivity index (χ1) is 10.0. The van der Waals surface area contributed by atoms with Gasteiger partial charge in [0.15, 0.2) is 0 Å². The lowest BCUT2D eigenvalue weighted by Crippen LogP contribution is -2.20. The summed E-state index contributed by atoms with van der Waals surface area (Å²) in [6.45, 7) is 6.60. The summed E-state index contributed by atoms with van der Waals surface area (Å²) in [5.41, 5.74) is 9.89. The average molecular weight is 307 g/mol. The van der Waals surface area contributed by atoms with Crippen LogP contribution < -0.4 is 5.73 Å². The highest BCUT2D eigenvalue weighted by atomic mass is 35.5. The normalized spacial score (nSPS) is 11.3. The van der Waals surface area contributed by atoms with Crippen molar-refractivity contribution in [1.29, 1.82) is 0 Å². The summed E-state index contributed by atoms with van der Waals surface area (Å²) >= 11 is 6.45. The lowest BCUT2D eigenvalue weighted by molar-refractivity contribution is 0.307. The van der Waals surface area contributed by atoms with E-state index in [1.54, 1.807) is 0 Å². The Balaban J connectivity index is 2.12. The van der Waals surface area contributed by atoms with E-state index >= 15 is 0 Å². The van der Waals surface area contributed by atoms with Gasteiger partial charge in [-0.2, -0.15) is 5.10 Å². The third kappa shape index (κ3) is 3.77. The molecule has 2 aromatic rings. The van der Waals surface area contributed by atoms with Crippen molar-refractivity contribution in [2.24, 2.45) is 0 Å². The number of halogens is 1. The predicted molar refractivity (Wildman–Crippen MR) is 88.3 cm³/mol. The Bertz CT molecular complexity index is 606. The molecule has 0 spiro atoms. The molecular weight excluding hydrogens is 284 g/mol. The van der Waals surface area contributed by atoms with Crippen molar-refractivity contribution in [3.63, 3.8) is 0 Å². The molecule has 0 aliphatic rings. The molecule has 0 amide bonds. The van der Waals surface area contributed by atoms with Crippen molar-refractivity contribution in [1.82, 2.24) is 14.7 Å². The van der Waals surface area contributed by atoms with Gasteiger partial charge in [-0.3, -0.25) is 9.58 Å². The maximum atomic E-state index is 6.45. The van der Waals surface area contributed by atoms with Crippen LogP contribution in [0.1, 0.15) is 30.8 Å². The second-order valence-electron chi connectivity index (χ2n) is 5.29. The molecule has 1 aromatic carbocycles. The molecule has 114 valence electrons. The molecule has 21 heavy (non-hydrogen) atoms. The molecule has 0 saturated heterocycles. The van der Waals surface area contributed by atoms with Gasteiger partial charge >= 0.3 is 0 Å². The van der Waals surface area contributed by atoms with E-state index in [-0.39, 0.29) is 0 Å². The van der Waals surface area contributed by atoms with Gasteiger partial charge in [-0.05, 0) is 38.1 Å². The van der Waals surface area contributed by atoms with Crippen molar-refractivity contribution in [2.45, 2.75) is 39.9 Å². The SMILES string of the molecule is CCc1nn(CC)c(CN(C)Cc2cccc(N)c2)c1Cl. The second-order valence-corrected chi connectivity index (χ2v) is 5.67. The Morgan fingerprint density at radius 1 is 1.29 bits per heavy atom. The molecule has 2 N–H and O–H groups in total. The van der Waals surface area contributed by atoms with Crippen LogP contribution in [-0.2, 0) is 26.1 Å². The van der Waals surface area contributed by atoms with E-state index in [4.69, 9.17) is 17.3 Å². The number of rotatable bonds is 6. The fourth-order valence-electron chi connectivity index (χ4n) is 2.48. The van der Waals surface area contributed by atoms with Crippen molar-refractivity contribution in [2.75, 3.05) is 12.8 Å². The van der Waals surface area contributed by atoms with Crippen molar-refractivity contribution < 1.29 is 0 Å². The van der Waals surface area contributed by atoms with Gasteiger partial charge in [-0.1, -0.05) is 30.7 Å². The van der Waals surface area contributed by atoms with Gasteiger partial charge < -0.3 is 5.73 Å². The first-order valence-electron chi connectivity index (χ1n) is 7.32. The Labute approximate surface area is 131 Å². The summed E-state index contributed by atoms with van der Waals surface area (Å²) in [6, 6.07) is 7.98. The maximum Gasteiger partial charge on any atom is 0.0863 e. The summed E-state index contributed by atoms with van der Waals surface area (Å²) < 4.78 is 2.00. The topological polar surface area (TPSA) is 47.1 Å². The van der Waals surface area contributed by atoms with E-state index in [1.807, 2.05) is 22.9 Å². The lowest BCUT2D eigenvalue weighted by Gasteiger charge is -2.18. The maximum absolute atomic E-state index is 6.45. The number of aromatic nitrogens is 2. The molecule has 1 heterocycles. The Kier molecular flexibility index (Phi) is 5.26. The van der Waals surface area contributed by atoms with Gasteiger partial charge in [-0.15, -0.1) is 0 Å². The Morgan fingerprint density at radius 3 is 2.67 bits per heavy atom. The van der Waals surface area contributed by atoms with Crippen LogP contribution in [0.25, 0.3) is 0 Å². The van der Waals surface area contributed by atoms with Crippen LogP contribution in [-0.4, -0.2) is 21.7 Å². The molecule has 0 radical (unpaired) electrons. The summed E-state index contributed by atoms with van der Waals surface area (Å²) in [7, 11) is 2.08. The highest BCUT2D eigenvalue weighted by Crippen LogP contribution is 2.23. The minimum Gasteiger partial charge on any atom is -0.399 e. The molecule has 4 nitrogen and oxygen atoms in total. The van der Waals surface area contributed by atoms with E-state index < -0.39 is 0 Å². The van der Waals surface area contributed by atoms with Crippen molar-refractivity contribution >= 4 is 17.3 Å². The Morgan fingerprint density at radius 2 is 2.05 bits per heavy atom. The monoisotopic (exact) mass is 306 g/mol. The molecule has 2 rings (SSSR count). The number of benzene rings is 1. The van der Waals surface area contributed by atoms with Crippen LogP contribution in [0, 0.1) is 0 Å². The van der Waals surface area contributed by atoms with Crippen LogP contribution in [0.3, 0.4) is 0 Å². The van der Waals surface area contributed by atoms with Gasteiger partial charge in [0.1, 0.15) is 0 Å². The predicted octanol–water partition coefficient (Wildman–Crippen LogP) is 3.33. The lowest BCUT2D eigenvalue weighted by atomic mass is 10.2. The molecule has 0 bridgehead atoms. The smallest absolute Gasteiger partial charge is 0.0863 e. The number of anilines is 1. The third-order valence-electron chi connectivity index (χ3n) is 3.52. The Hall–Kier alpha value is -1.52. The minimum absolute atomic E-state index is 0.772. The number of hydrogen-bond acceptors (Lipinski definition) is 3. The van der Waals surface area contributed by atoms with E-state index in [1.165, 1.54) is 5.56 Å². The first-order valence-corrected chi connectivity index (χ1v) is 7.69. The fraction of sp³-hybridized carbons (Fsp3) is 0.438. The van der Waals surface area contributed by atoms with Gasteiger partial charge in [0.25, 0.3) is 0 Å². The first kappa shape index (κ1) is 15.9. The number of nitrogens with two attached hydrogens (primary N) is 1. The van der Waals surface area contributed by atoms with Crippen LogP contribution in [0.5, 0.6) is 0 Å². The molecule has 0 unspecified atom stereocenters. The second kappa shape index (κ2) is 6.96. The highest BCUT2D eigenvalue weighted by molar-refractivity contribution is 6.31. The van der Waals surface area contributed by atoms with E-state index in [0.29, 0.717) is 0 Å². The number of aryl methyl sites for hydroxylation is 2. The molecule has 5 heteroatoms. The van der Waals surface area contributed by atoms with Gasteiger partial charge in [0.05, 0.1) is 16.4 Å². The molecule has 0 aliphatic carbocycles. The molecule has 1 aromatic heterocycles. The zero-order valence-corrected chi connectivity index (χ0v) is 13.7. The standard InChI is InChI=1S/C16H23ClN4/c1-4-14-16(17)15(21(5-2)19-14)11-20(3)10-12-7-6-8-13(18)9-12/h6-9H,4-5,10-11,18H2,1-3H3. The zero-order chi connectivity index (χ0) is 15.4. The molecule has 0 fully saturated rings. The van der Waals surface area contributed by atoms with Crippen molar-refractivity contribution in [3.8, 4) is 0 Å². The van der Waals surface area contributed by atoms with Crippen LogP contribution in [0.2, 0.25) is 5.02 Å². The van der Waals surface area contributed by atoms with Crippen LogP contribution in [0.4, 0.5) is 5.69 Å². The quantitative estimate of drug-likeness (QED) is 0.833. The van der Waals surface area contributed by atoms with E-state index in [2.05, 4.69) is 37.0 Å². The number of hydrogen-bond donors (Lipinski definition) is 1. The fourth-order valence-corrected chi connectivity index (χ4v) is 2.81. The molecule has 0 atom stereocenters.